The summed E-state index contributed by atoms with van der Waals surface area (Å²) in [4.78, 5) is 12.0. The molecule has 0 aliphatic heterocycles. The standard InChI is InChI=1S/C14H18N4OS/c1-4-18-9-15-17-14(18)20-8-13(19)16-12-7-10(2)5-6-11(12)3/h5-7,9H,4,8H2,1-3H3,(H,16,19). The third kappa shape index (κ3) is 3.60. The highest BCUT2D eigenvalue weighted by atomic mass is 32.2. The summed E-state index contributed by atoms with van der Waals surface area (Å²) in [6.07, 6.45) is 1.67. The van der Waals surface area contributed by atoms with E-state index in [1.807, 2.05) is 43.5 Å². The Labute approximate surface area is 122 Å². The molecule has 0 aliphatic carbocycles. The maximum absolute atomic E-state index is 12.0. The number of hydrogen-bond donors (Lipinski definition) is 1. The highest BCUT2D eigenvalue weighted by molar-refractivity contribution is 7.99. The van der Waals surface area contributed by atoms with Gasteiger partial charge in [-0.15, -0.1) is 10.2 Å². The minimum absolute atomic E-state index is 0.0330. The Morgan fingerprint density at radius 2 is 2.20 bits per heavy atom. The van der Waals surface area contributed by atoms with Gasteiger partial charge in [-0.3, -0.25) is 4.79 Å². The van der Waals surface area contributed by atoms with Gasteiger partial charge in [-0.2, -0.15) is 0 Å². The molecule has 1 heterocycles. The van der Waals surface area contributed by atoms with Crippen LogP contribution in [0.15, 0.2) is 29.7 Å². The predicted octanol–water partition coefficient (Wildman–Crippen LogP) is 2.65. The lowest BCUT2D eigenvalue weighted by molar-refractivity contribution is -0.113. The Hall–Kier alpha value is -1.82. The van der Waals surface area contributed by atoms with Gasteiger partial charge in [0.25, 0.3) is 0 Å². The van der Waals surface area contributed by atoms with Crippen molar-refractivity contribution < 1.29 is 4.79 Å². The Balaban J connectivity index is 1.94. The molecule has 1 aromatic carbocycles. The second-order valence-corrected chi connectivity index (χ2v) is 5.50. The van der Waals surface area contributed by atoms with Crippen molar-refractivity contribution in [1.82, 2.24) is 14.8 Å². The molecule has 106 valence electrons. The zero-order valence-corrected chi connectivity index (χ0v) is 12.7. The first kappa shape index (κ1) is 14.6. The summed E-state index contributed by atoms with van der Waals surface area (Å²) in [7, 11) is 0. The van der Waals surface area contributed by atoms with Crippen LogP contribution in [0.2, 0.25) is 0 Å². The number of carbonyl (C=O) groups excluding carboxylic acids is 1. The summed E-state index contributed by atoms with van der Waals surface area (Å²) in [6, 6.07) is 6.02. The summed E-state index contributed by atoms with van der Waals surface area (Å²) in [5, 5.41) is 11.5. The lowest BCUT2D eigenvalue weighted by Gasteiger charge is -2.09. The van der Waals surface area contributed by atoms with Gasteiger partial charge >= 0.3 is 0 Å². The van der Waals surface area contributed by atoms with Crippen molar-refractivity contribution in [3.8, 4) is 0 Å². The number of rotatable bonds is 5. The summed E-state index contributed by atoms with van der Waals surface area (Å²) in [6.45, 7) is 6.81. The van der Waals surface area contributed by atoms with Crippen molar-refractivity contribution in [2.45, 2.75) is 32.5 Å². The predicted molar refractivity (Wildman–Crippen MR) is 81.0 cm³/mol. The summed E-state index contributed by atoms with van der Waals surface area (Å²) < 4.78 is 1.91. The quantitative estimate of drug-likeness (QED) is 0.860. The van der Waals surface area contributed by atoms with E-state index < -0.39 is 0 Å². The van der Waals surface area contributed by atoms with Crippen LogP contribution in [-0.2, 0) is 11.3 Å². The second kappa shape index (κ2) is 6.56. The zero-order valence-electron chi connectivity index (χ0n) is 11.9. The molecule has 1 N–H and O–H groups in total. The van der Waals surface area contributed by atoms with Crippen molar-refractivity contribution in [2.24, 2.45) is 0 Å². The van der Waals surface area contributed by atoms with E-state index in [2.05, 4.69) is 15.5 Å². The van der Waals surface area contributed by atoms with Crippen molar-refractivity contribution in [1.29, 1.82) is 0 Å². The fourth-order valence-corrected chi connectivity index (χ4v) is 2.54. The van der Waals surface area contributed by atoms with Crippen LogP contribution in [-0.4, -0.2) is 26.4 Å². The Bertz CT molecular complexity index is 609. The molecule has 0 bridgehead atoms. The van der Waals surface area contributed by atoms with E-state index in [1.54, 1.807) is 6.33 Å². The topological polar surface area (TPSA) is 59.8 Å². The number of aromatic nitrogens is 3. The minimum Gasteiger partial charge on any atom is -0.325 e. The molecule has 2 rings (SSSR count). The van der Waals surface area contributed by atoms with E-state index in [9.17, 15) is 4.79 Å². The fourth-order valence-electron chi connectivity index (χ4n) is 1.76. The van der Waals surface area contributed by atoms with Gasteiger partial charge in [-0.05, 0) is 38.0 Å². The third-order valence-electron chi connectivity index (χ3n) is 2.92. The lowest BCUT2D eigenvalue weighted by atomic mass is 10.1. The first-order valence-electron chi connectivity index (χ1n) is 6.48. The molecule has 0 fully saturated rings. The molecule has 0 unspecified atom stereocenters. The molecule has 1 amide bonds. The number of benzene rings is 1. The number of nitrogens with zero attached hydrogens (tertiary/aromatic N) is 3. The van der Waals surface area contributed by atoms with Crippen LogP contribution >= 0.6 is 11.8 Å². The number of amides is 1. The van der Waals surface area contributed by atoms with E-state index in [0.717, 1.165) is 28.5 Å². The van der Waals surface area contributed by atoms with Crippen LogP contribution < -0.4 is 5.32 Å². The fraction of sp³-hybridized carbons (Fsp3) is 0.357. The van der Waals surface area contributed by atoms with Gasteiger partial charge < -0.3 is 9.88 Å². The number of anilines is 1. The number of nitrogens with one attached hydrogen (secondary N) is 1. The molecule has 0 aliphatic rings. The molecule has 6 heteroatoms. The summed E-state index contributed by atoms with van der Waals surface area (Å²) >= 11 is 1.39. The van der Waals surface area contributed by atoms with Crippen LogP contribution in [0.25, 0.3) is 0 Å². The highest BCUT2D eigenvalue weighted by Crippen LogP contribution is 2.18. The van der Waals surface area contributed by atoms with Crippen LogP contribution in [0.3, 0.4) is 0 Å². The molecule has 2 aromatic rings. The monoisotopic (exact) mass is 290 g/mol. The molecule has 0 spiro atoms. The first-order valence-corrected chi connectivity index (χ1v) is 7.46. The number of carbonyl (C=O) groups is 1. The number of hydrogen-bond acceptors (Lipinski definition) is 4. The van der Waals surface area contributed by atoms with Crippen LogP contribution in [0, 0.1) is 13.8 Å². The number of aryl methyl sites for hydroxylation is 3. The molecule has 1 aromatic heterocycles. The Kier molecular flexibility index (Phi) is 4.79. The van der Waals surface area contributed by atoms with E-state index >= 15 is 0 Å². The Morgan fingerprint density at radius 3 is 2.95 bits per heavy atom. The SMILES string of the molecule is CCn1cnnc1SCC(=O)Nc1cc(C)ccc1C. The second-order valence-electron chi connectivity index (χ2n) is 4.55. The molecule has 0 atom stereocenters. The lowest BCUT2D eigenvalue weighted by Crippen LogP contribution is -2.15. The van der Waals surface area contributed by atoms with Crippen LogP contribution in [0.1, 0.15) is 18.1 Å². The third-order valence-corrected chi connectivity index (χ3v) is 3.90. The van der Waals surface area contributed by atoms with Gasteiger partial charge in [-0.25, -0.2) is 0 Å². The average Bonchev–Trinajstić information content (AvgIpc) is 2.88. The van der Waals surface area contributed by atoms with E-state index in [4.69, 9.17) is 0 Å². The van der Waals surface area contributed by atoms with Gasteiger partial charge in [0.2, 0.25) is 5.91 Å². The van der Waals surface area contributed by atoms with Gasteiger partial charge in [0.15, 0.2) is 5.16 Å². The van der Waals surface area contributed by atoms with Gasteiger partial charge in [0.1, 0.15) is 6.33 Å². The molecule has 0 saturated heterocycles. The van der Waals surface area contributed by atoms with Gasteiger partial charge in [0, 0.05) is 12.2 Å². The van der Waals surface area contributed by atoms with Crippen molar-refractivity contribution >= 4 is 23.4 Å². The molecule has 0 saturated carbocycles. The molecular weight excluding hydrogens is 272 g/mol. The maximum atomic E-state index is 12.0. The molecular formula is C14H18N4OS. The largest absolute Gasteiger partial charge is 0.325 e. The first-order chi connectivity index (χ1) is 9.60. The van der Waals surface area contributed by atoms with E-state index in [1.165, 1.54) is 11.8 Å². The maximum Gasteiger partial charge on any atom is 0.234 e. The van der Waals surface area contributed by atoms with Crippen LogP contribution in [0.5, 0.6) is 0 Å². The number of thioether (sulfide) groups is 1. The van der Waals surface area contributed by atoms with Crippen LogP contribution in [0.4, 0.5) is 5.69 Å². The van der Waals surface area contributed by atoms with Crippen molar-refractivity contribution in [3.63, 3.8) is 0 Å². The average molecular weight is 290 g/mol. The summed E-state index contributed by atoms with van der Waals surface area (Å²) in [5.74, 6) is 0.292. The van der Waals surface area contributed by atoms with E-state index in [-0.39, 0.29) is 5.91 Å². The van der Waals surface area contributed by atoms with Crippen molar-refractivity contribution in [3.05, 3.63) is 35.7 Å². The normalized spacial score (nSPS) is 10.6. The Morgan fingerprint density at radius 1 is 1.40 bits per heavy atom. The minimum atomic E-state index is -0.0330. The molecule has 0 radical (unpaired) electrons. The zero-order chi connectivity index (χ0) is 14.5. The summed E-state index contributed by atoms with van der Waals surface area (Å²) in [5.41, 5.74) is 3.06. The molecule has 5 nitrogen and oxygen atoms in total. The molecule has 20 heavy (non-hydrogen) atoms. The van der Waals surface area contributed by atoms with E-state index in [0.29, 0.717) is 5.75 Å². The van der Waals surface area contributed by atoms with Crippen molar-refractivity contribution in [2.75, 3.05) is 11.1 Å². The van der Waals surface area contributed by atoms with Gasteiger partial charge in [-0.1, -0.05) is 23.9 Å². The smallest absolute Gasteiger partial charge is 0.234 e. The highest BCUT2D eigenvalue weighted by Gasteiger charge is 2.09. The van der Waals surface area contributed by atoms with Gasteiger partial charge in [0.05, 0.1) is 5.75 Å².